The Labute approximate surface area is 161 Å². The van der Waals surface area contributed by atoms with Crippen LogP contribution in [0.5, 0.6) is 0 Å². The van der Waals surface area contributed by atoms with Crippen molar-refractivity contribution in [3.63, 3.8) is 0 Å². The lowest BCUT2D eigenvalue weighted by Gasteiger charge is -2.08. The zero-order valence-corrected chi connectivity index (χ0v) is 15.7. The second-order valence-corrected chi connectivity index (χ2v) is 7.24. The van der Waals surface area contributed by atoms with Crippen molar-refractivity contribution in [1.29, 1.82) is 0 Å². The molecule has 4 rings (SSSR count). The van der Waals surface area contributed by atoms with E-state index in [-0.39, 0.29) is 0 Å². The Bertz CT molecular complexity index is 983. The molecular weight excluding hydrogens is 358 g/mol. The van der Waals surface area contributed by atoms with Gasteiger partial charge in [-0.05, 0) is 11.5 Å². The summed E-state index contributed by atoms with van der Waals surface area (Å²) in [5.41, 5.74) is 3.13. The minimum absolute atomic E-state index is 0.326. The van der Waals surface area contributed by atoms with Crippen molar-refractivity contribution in [3.8, 4) is 11.3 Å². The van der Waals surface area contributed by atoms with Gasteiger partial charge in [-0.3, -0.25) is 0 Å². The first-order valence-electron chi connectivity index (χ1n) is 8.79. The van der Waals surface area contributed by atoms with Gasteiger partial charge in [-0.2, -0.15) is 0 Å². The highest BCUT2D eigenvalue weighted by molar-refractivity contribution is 7.98. The minimum atomic E-state index is 0.326. The van der Waals surface area contributed by atoms with Gasteiger partial charge in [0.1, 0.15) is 11.5 Å². The van der Waals surface area contributed by atoms with Gasteiger partial charge in [-0.1, -0.05) is 84.5 Å². The van der Waals surface area contributed by atoms with Gasteiger partial charge in [0.25, 0.3) is 5.22 Å². The third kappa shape index (κ3) is 4.46. The monoisotopic (exact) mass is 377 g/mol. The maximum atomic E-state index is 5.77. The normalized spacial score (nSPS) is 12.2. The molecule has 2 aromatic carbocycles. The number of rotatable bonds is 7. The van der Waals surface area contributed by atoms with E-state index in [9.17, 15) is 0 Å². The van der Waals surface area contributed by atoms with Crippen LogP contribution in [0.2, 0.25) is 0 Å². The number of thioether (sulfide) groups is 1. The molecule has 5 nitrogen and oxygen atoms in total. The van der Waals surface area contributed by atoms with Crippen LogP contribution in [0.15, 0.2) is 80.9 Å². The van der Waals surface area contributed by atoms with Crippen LogP contribution >= 0.6 is 11.8 Å². The molecule has 6 heteroatoms. The zero-order chi connectivity index (χ0) is 18.5. The second kappa shape index (κ2) is 8.22. The van der Waals surface area contributed by atoms with Gasteiger partial charge in [0.05, 0.1) is 5.75 Å². The van der Waals surface area contributed by atoms with E-state index < -0.39 is 0 Å². The molecule has 0 amide bonds. The van der Waals surface area contributed by atoms with Gasteiger partial charge in [-0.15, -0.1) is 10.2 Å². The van der Waals surface area contributed by atoms with Crippen molar-refractivity contribution >= 4 is 11.8 Å². The van der Waals surface area contributed by atoms with Gasteiger partial charge >= 0.3 is 0 Å². The van der Waals surface area contributed by atoms with E-state index in [4.69, 9.17) is 8.94 Å². The minimum Gasteiger partial charge on any atom is -0.416 e. The molecule has 0 aliphatic heterocycles. The van der Waals surface area contributed by atoms with Crippen LogP contribution in [0.3, 0.4) is 0 Å². The zero-order valence-electron chi connectivity index (χ0n) is 14.9. The fourth-order valence-electron chi connectivity index (χ4n) is 2.80. The van der Waals surface area contributed by atoms with E-state index in [2.05, 4.69) is 34.4 Å². The Hall–Kier alpha value is -2.86. The van der Waals surface area contributed by atoms with Crippen LogP contribution < -0.4 is 0 Å². The van der Waals surface area contributed by atoms with Gasteiger partial charge in [0.15, 0.2) is 0 Å². The number of benzene rings is 2. The molecule has 0 saturated carbocycles. The van der Waals surface area contributed by atoms with Crippen molar-refractivity contribution in [3.05, 3.63) is 83.9 Å². The van der Waals surface area contributed by atoms with Crippen molar-refractivity contribution in [1.82, 2.24) is 15.4 Å². The molecule has 0 spiro atoms. The van der Waals surface area contributed by atoms with E-state index in [0.29, 0.717) is 22.8 Å². The molecule has 1 unspecified atom stereocenters. The molecule has 27 heavy (non-hydrogen) atoms. The summed E-state index contributed by atoms with van der Waals surface area (Å²) < 4.78 is 11.2. The van der Waals surface area contributed by atoms with Crippen LogP contribution in [0, 0.1) is 0 Å². The lowest BCUT2D eigenvalue weighted by atomic mass is 9.98. The summed E-state index contributed by atoms with van der Waals surface area (Å²) in [5.74, 6) is 2.34. The average Bonchev–Trinajstić information content (AvgIpc) is 3.37. The highest BCUT2D eigenvalue weighted by atomic mass is 32.2. The summed E-state index contributed by atoms with van der Waals surface area (Å²) in [7, 11) is 0. The largest absolute Gasteiger partial charge is 0.416 e. The standard InChI is InChI=1S/C21H19N3O2S/c1-15(16-8-4-2-5-9-16)12-20-22-23-21(25-20)27-14-18-13-19(24-26-18)17-10-6-3-7-11-17/h2-11,13,15H,12,14H2,1H3. The number of aromatic nitrogens is 3. The first kappa shape index (κ1) is 17.5. The third-order valence-corrected chi connectivity index (χ3v) is 5.10. The smallest absolute Gasteiger partial charge is 0.277 e. The van der Waals surface area contributed by atoms with Crippen LogP contribution in [-0.4, -0.2) is 15.4 Å². The van der Waals surface area contributed by atoms with E-state index in [1.54, 1.807) is 0 Å². The van der Waals surface area contributed by atoms with E-state index >= 15 is 0 Å². The second-order valence-electron chi connectivity index (χ2n) is 6.31. The molecule has 0 aliphatic rings. The summed E-state index contributed by atoms with van der Waals surface area (Å²) >= 11 is 1.45. The number of hydrogen-bond acceptors (Lipinski definition) is 6. The van der Waals surface area contributed by atoms with Gasteiger partial charge < -0.3 is 8.94 Å². The molecule has 0 saturated heterocycles. The van der Waals surface area contributed by atoms with Crippen molar-refractivity contribution in [2.45, 2.75) is 30.2 Å². The molecular formula is C21H19N3O2S. The van der Waals surface area contributed by atoms with Crippen LogP contribution in [0.4, 0.5) is 0 Å². The maximum absolute atomic E-state index is 5.77. The number of hydrogen-bond donors (Lipinski definition) is 0. The number of nitrogens with zero attached hydrogens (tertiary/aromatic N) is 3. The van der Waals surface area contributed by atoms with Gasteiger partial charge in [0.2, 0.25) is 5.89 Å². The molecule has 136 valence electrons. The molecule has 2 heterocycles. The molecule has 1 atom stereocenters. The summed E-state index contributed by atoms with van der Waals surface area (Å²) in [6.45, 7) is 2.16. The Kier molecular flexibility index (Phi) is 5.34. The van der Waals surface area contributed by atoms with Crippen LogP contribution in [0.25, 0.3) is 11.3 Å². The van der Waals surface area contributed by atoms with Crippen LogP contribution in [0.1, 0.15) is 30.1 Å². The molecule has 4 aromatic rings. The fourth-order valence-corrected chi connectivity index (χ4v) is 3.45. The molecule has 0 radical (unpaired) electrons. The molecule has 0 fully saturated rings. The molecule has 0 aliphatic carbocycles. The van der Waals surface area contributed by atoms with E-state index in [1.807, 2.05) is 54.6 Å². The highest BCUT2D eigenvalue weighted by Crippen LogP contribution is 2.26. The quantitative estimate of drug-likeness (QED) is 0.404. The Morgan fingerprint density at radius 3 is 2.48 bits per heavy atom. The Morgan fingerprint density at radius 2 is 1.70 bits per heavy atom. The topological polar surface area (TPSA) is 65.0 Å². The van der Waals surface area contributed by atoms with E-state index in [1.165, 1.54) is 17.3 Å². The predicted octanol–water partition coefficient (Wildman–Crippen LogP) is 5.36. The lowest BCUT2D eigenvalue weighted by molar-refractivity contribution is 0.393. The Balaban J connectivity index is 1.34. The Morgan fingerprint density at radius 1 is 0.963 bits per heavy atom. The first-order valence-corrected chi connectivity index (χ1v) is 9.77. The maximum Gasteiger partial charge on any atom is 0.277 e. The average molecular weight is 377 g/mol. The summed E-state index contributed by atoms with van der Waals surface area (Å²) in [5, 5.41) is 13.0. The third-order valence-electron chi connectivity index (χ3n) is 4.26. The molecule has 0 bridgehead atoms. The summed E-state index contributed by atoms with van der Waals surface area (Å²) in [6.07, 6.45) is 0.720. The molecule has 0 N–H and O–H groups in total. The van der Waals surface area contributed by atoms with Gasteiger partial charge in [-0.25, -0.2) is 0 Å². The molecule has 2 aromatic heterocycles. The summed E-state index contributed by atoms with van der Waals surface area (Å²) in [4.78, 5) is 0. The lowest BCUT2D eigenvalue weighted by Crippen LogP contribution is -1.98. The van der Waals surface area contributed by atoms with Crippen molar-refractivity contribution in [2.24, 2.45) is 0 Å². The fraction of sp³-hybridized carbons (Fsp3) is 0.190. The van der Waals surface area contributed by atoms with Crippen molar-refractivity contribution < 1.29 is 8.94 Å². The first-order chi connectivity index (χ1) is 13.3. The SMILES string of the molecule is CC(Cc1nnc(SCc2cc(-c3ccccc3)no2)o1)c1ccccc1. The van der Waals surface area contributed by atoms with Crippen molar-refractivity contribution in [2.75, 3.05) is 0 Å². The van der Waals surface area contributed by atoms with Crippen LogP contribution in [-0.2, 0) is 12.2 Å². The highest BCUT2D eigenvalue weighted by Gasteiger charge is 2.14. The summed E-state index contributed by atoms with van der Waals surface area (Å²) in [6, 6.07) is 22.2. The van der Waals surface area contributed by atoms with Gasteiger partial charge in [0, 0.05) is 18.1 Å². The van der Waals surface area contributed by atoms with E-state index in [0.717, 1.165) is 23.4 Å². The predicted molar refractivity (Wildman–Crippen MR) is 104 cm³/mol.